The monoisotopic (exact) mass is 366 g/mol. The molecule has 2 fully saturated rings. The fraction of sp³-hybridized carbons (Fsp3) is 0.455. The fourth-order valence-corrected chi connectivity index (χ4v) is 4.39. The third-order valence-electron chi connectivity index (χ3n) is 2.77. The van der Waals surface area contributed by atoms with E-state index in [4.69, 9.17) is 16.8 Å². The van der Waals surface area contributed by atoms with Crippen molar-refractivity contribution in [1.29, 1.82) is 0 Å². The van der Waals surface area contributed by atoms with Gasteiger partial charge >= 0.3 is 0 Å². The summed E-state index contributed by atoms with van der Waals surface area (Å²) in [6.07, 6.45) is 3.94. The van der Waals surface area contributed by atoms with Gasteiger partial charge in [-0.3, -0.25) is 9.35 Å². The largest absolute Gasteiger partial charge is 0.366 e. The Hall–Kier alpha value is -0.550. The highest BCUT2D eigenvalue weighted by molar-refractivity contribution is 8.26. The molecule has 2 heterocycles. The topological polar surface area (TPSA) is 86.7 Å². The average Bonchev–Trinajstić information content (AvgIpc) is 2.92. The summed E-state index contributed by atoms with van der Waals surface area (Å²) in [7, 11) is -3.91. The predicted molar refractivity (Wildman–Crippen MR) is 89.6 cm³/mol. The van der Waals surface area contributed by atoms with E-state index in [2.05, 4.69) is 5.32 Å². The van der Waals surface area contributed by atoms with E-state index in [-0.39, 0.29) is 11.7 Å². The number of carbonyl (C=O) groups is 1. The van der Waals surface area contributed by atoms with Gasteiger partial charge < -0.3 is 10.2 Å². The van der Waals surface area contributed by atoms with Gasteiger partial charge in [0.15, 0.2) is 0 Å². The van der Waals surface area contributed by atoms with Crippen LogP contribution in [0.5, 0.6) is 0 Å². The number of nitrogens with one attached hydrogen (secondary N) is 1. The second kappa shape index (κ2) is 7.14. The average molecular weight is 367 g/mol. The second-order valence-electron chi connectivity index (χ2n) is 4.35. The third-order valence-corrected chi connectivity index (χ3v) is 5.83. The molecule has 0 aliphatic carbocycles. The molecular weight excluding hydrogens is 352 g/mol. The zero-order valence-corrected chi connectivity index (χ0v) is 14.2. The van der Waals surface area contributed by atoms with Gasteiger partial charge in [-0.2, -0.15) is 8.42 Å². The molecule has 21 heavy (non-hydrogen) atoms. The van der Waals surface area contributed by atoms with Crippen LogP contribution in [0.15, 0.2) is 22.1 Å². The zero-order valence-electron chi connectivity index (χ0n) is 10.9. The smallest absolute Gasteiger partial charge is 0.264 e. The van der Waals surface area contributed by atoms with E-state index in [1.54, 1.807) is 17.8 Å². The van der Waals surface area contributed by atoms with Gasteiger partial charge in [-0.25, -0.2) is 0 Å². The van der Waals surface area contributed by atoms with Gasteiger partial charge in [0.1, 0.15) is 4.32 Å². The highest BCUT2D eigenvalue weighted by Gasteiger charge is 2.22. The molecule has 0 aromatic rings. The van der Waals surface area contributed by atoms with E-state index < -0.39 is 10.1 Å². The molecule has 0 saturated carbocycles. The van der Waals surface area contributed by atoms with Gasteiger partial charge in [0.2, 0.25) is 0 Å². The summed E-state index contributed by atoms with van der Waals surface area (Å²) in [5, 5.41) is 3.54. The minimum atomic E-state index is -3.91. The Bertz CT molecular complexity index is 612. The molecule has 6 nitrogen and oxygen atoms in total. The number of amides is 1. The van der Waals surface area contributed by atoms with E-state index >= 15 is 0 Å². The van der Waals surface area contributed by atoms with Gasteiger partial charge in [0.05, 0.1) is 15.7 Å². The van der Waals surface area contributed by atoms with E-state index in [9.17, 15) is 13.2 Å². The summed E-state index contributed by atoms with van der Waals surface area (Å²) < 4.78 is 30.6. The number of thiocarbonyl (C=S) groups is 1. The van der Waals surface area contributed by atoms with Gasteiger partial charge in [-0.15, -0.1) is 11.8 Å². The van der Waals surface area contributed by atoms with Gasteiger partial charge in [0, 0.05) is 18.8 Å². The molecule has 10 heteroatoms. The maximum atomic E-state index is 11.5. The Morgan fingerprint density at radius 2 is 2.19 bits per heavy atom. The summed E-state index contributed by atoms with van der Waals surface area (Å²) >= 11 is 7.79. The van der Waals surface area contributed by atoms with Crippen LogP contribution in [0, 0.1) is 0 Å². The first-order valence-corrected chi connectivity index (χ1v) is 9.95. The molecule has 2 aliphatic rings. The maximum Gasteiger partial charge on any atom is 0.264 e. The molecule has 2 saturated heterocycles. The molecule has 2 aliphatic heterocycles. The first-order valence-electron chi connectivity index (χ1n) is 6.13. The third kappa shape index (κ3) is 5.29. The van der Waals surface area contributed by atoms with Crippen molar-refractivity contribution < 1.29 is 17.8 Å². The number of hydrogen-bond donors (Lipinski definition) is 2. The molecule has 0 aromatic carbocycles. The van der Waals surface area contributed by atoms with Gasteiger partial charge in [0.25, 0.3) is 16.0 Å². The lowest BCUT2D eigenvalue weighted by Gasteiger charge is -2.18. The number of carbonyl (C=O) groups excluding carboxylic acids is 1. The fourth-order valence-electron chi connectivity index (χ4n) is 1.86. The summed E-state index contributed by atoms with van der Waals surface area (Å²) in [6.45, 7) is 1.38. The Morgan fingerprint density at radius 3 is 2.81 bits per heavy atom. The minimum absolute atomic E-state index is 0.192. The SMILES string of the molecule is O=C1NC(=S)SC1=CC=C1SCCN1CCCS(=O)(=O)O. The number of hydrogen-bond acceptors (Lipinski definition) is 7. The van der Waals surface area contributed by atoms with Crippen LogP contribution in [0.25, 0.3) is 0 Å². The van der Waals surface area contributed by atoms with Crippen LogP contribution in [0.2, 0.25) is 0 Å². The van der Waals surface area contributed by atoms with Crippen LogP contribution in [0.3, 0.4) is 0 Å². The lowest BCUT2D eigenvalue weighted by Crippen LogP contribution is -2.21. The Morgan fingerprint density at radius 1 is 1.43 bits per heavy atom. The molecule has 2 rings (SSSR count). The quantitative estimate of drug-likeness (QED) is 0.426. The van der Waals surface area contributed by atoms with Crippen LogP contribution >= 0.6 is 35.7 Å². The van der Waals surface area contributed by atoms with Crippen molar-refractivity contribution >= 4 is 56.1 Å². The van der Waals surface area contributed by atoms with Gasteiger partial charge in [-0.05, 0) is 18.6 Å². The second-order valence-corrected chi connectivity index (χ2v) is 8.76. The molecular formula is C11H14N2O4S4. The maximum absolute atomic E-state index is 11.5. The number of allylic oxidation sites excluding steroid dienone is 2. The first-order chi connectivity index (χ1) is 9.85. The normalized spacial score (nSPS) is 23.4. The van der Waals surface area contributed by atoms with Crippen molar-refractivity contribution in [1.82, 2.24) is 10.2 Å². The molecule has 0 bridgehead atoms. The molecule has 0 aromatic heterocycles. The van der Waals surface area contributed by atoms with Crippen molar-refractivity contribution in [3.63, 3.8) is 0 Å². The van der Waals surface area contributed by atoms with E-state index in [1.165, 1.54) is 11.8 Å². The molecule has 2 N–H and O–H groups in total. The standard InChI is InChI=1S/C11H14N2O4S4/c14-10-8(20-11(18)12-10)2-3-9-13(5-6-19-9)4-1-7-21(15,16)17/h2-3H,1,4-7H2,(H,12,14,18)(H,15,16,17). The minimum Gasteiger partial charge on any atom is -0.366 e. The van der Waals surface area contributed by atoms with Crippen molar-refractivity contribution in [3.8, 4) is 0 Å². The Balaban J connectivity index is 1.95. The van der Waals surface area contributed by atoms with E-state index in [0.29, 0.717) is 22.2 Å². The van der Waals surface area contributed by atoms with Crippen LogP contribution in [-0.2, 0) is 14.9 Å². The summed E-state index contributed by atoms with van der Waals surface area (Å²) in [4.78, 5) is 14.1. The van der Waals surface area contributed by atoms with Gasteiger partial charge in [-0.1, -0.05) is 24.0 Å². The molecule has 1 amide bonds. The first kappa shape index (κ1) is 16.8. The van der Waals surface area contributed by atoms with Crippen LogP contribution < -0.4 is 5.32 Å². The van der Waals surface area contributed by atoms with Crippen molar-refractivity contribution in [2.45, 2.75) is 6.42 Å². The molecule has 0 unspecified atom stereocenters. The summed E-state index contributed by atoms with van der Waals surface area (Å²) in [5.41, 5.74) is 0. The molecule has 0 atom stereocenters. The van der Waals surface area contributed by atoms with E-state index in [0.717, 1.165) is 17.3 Å². The number of thioether (sulfide) groups is 2. The van der Waals surface area contributed by atoms with Crippen LogP contribution in [0.4, 0.5) is 0 Å². The van der Waals surface area contributed by atoms with Crippen LogP contribution in [-0.4, -0.2) is 52.7 Å². The Labute approximate surface area is 137 Å². The Kier molecular flexibility index (Phi) is 5.72. The highest BCUT2D eigenvalue weighted by Crippen LogP contribution is 2.29. The lowest BCUT2D eigenvalue weighted by atomic mass is 10.4. The van der Waals surface area contributed by atoms with Crippen molar-refractivity contribution in [3.05, 3.63) is 22.1 Å². The summed E-state index contributed by atoms with van der Waals surface area (Å²) in [5.74, 6) is 0.482. The van der Waals surface area contributed by atoms with Crippen LogP contribution in [0.1, 0.15) is 6.42 Å². The highest BCUT2D eigenvalue weighted by atomic mass is 32.2. The number of nitrogens with zero attached hydrogens (tertiary/aromatic N) is 1. The lowest BCUT2D eigenvalue weighted by molar-refractivity contribution is -0.115. The summed E-state index contributed by atoms with van der Waals surface area (Å²) in [6, 6.07) is 0. The number of rotatable bonds is 5. The van der Waals surface area contributed by atoms with E-state index in [1.807, 2.05) is 11.0 Å². The molecule has 116 valence electrons. The van der Waals surface area contributed by atoms with Crippen molar-refractivity contribution in [2.75, 3.05) is 24.6 Å². The zero-order chi connectivity index (χ0) is 15.5. The predicted octanol–water partition coefficient (Wildman–Crippen LogP) is 1.19. The molecule has 0 radical (unpaired) electrons. The molecule has 0 spiro atoms. The van der Waals surface area contributed by atoms with Crippen molar-refractivity contribution in [2.24, 2.45) is 0 Å².